The molecule has 4 N–H and O–H groups in total. The first-order chi connectivity index (χ1) is 8.18. The Morgan fingerprint density at radius 3 is 2.59 bits per heavy atom. The number of carbonyl (C=O) groups is 1. The van der Waals surface area contributed by atoms with Gasteiger partial charge in [0.25, 0.3) is 0 Å². The molecule has 0 radical (unpaired) electrons. The Morgan fingerprint density at radius 2 is 1.94 bits per heavy atom. The summed E-state index contributed by atoms with van der Waals surface area (Å²) >= 11 is 0. The quantitative estimate of drug-likeness (QED) is 0.376. The first-order valence-corrected chi connectivity index (χ1v) is 6.55. The van der Waals surface area contributed by atoms with Gasteiger partial charge in [0.15, 0.2) is 6.35 Å². The van der Waals surface area contributed by atoms with Gasteiger partial charge < -0.3 is 10.2 Å². The van der Waals surface area contributed by atoms with Crippen LogP contribution in [0.1, 0.15) is 44.9 Å². The molecule has 1 atom stereocenters. The van der Waals surface area contributed by atoms with Crippen LogP contribution < -0.4 is 10.6 Å². The fourth-order valence-electron chi connectivity index (χ4n) is 2.22. The summed E-state index contributed by atoms with van der Waals surface area (Å²) in [5.74, 6) is -0.115. The van der Waals surface area contributed by atoms with Crippen molar-refractivity contribution in [2.75, 3.05) is 13.1 Å². The van der Waals surface area contributed by atoms with Crippen LogP contribution in [0.5, 0.6) is 0 Å². The molecule has 17 heavy (non-hydrogen) atoms. The number of aliphatic hydroxyl groups is 1. The average molecular weight is 244 g/mol. The maximum absolute atomic E-state index is 10.3. The van der Waals surface area contributed by atoms with Gasteiger partial charge in [-0.05, 0) is 31.7 Å². The number of carboxylic acids is 1. The van der Waals surface area contributed by atoms with E-state index in [-0.39, 0.29) is 6.42 Å². The summed E-state index contributed by atoms with van der Waals surface area (Å²) in [6.07, 6.45) is 6.40. The van der Waals surface area contributed by atoms with Gasteiger partial charge in [-0.3, -0.25) is 15.4 Å². The van der Waals surface area contributed by atoms with Crippen LogP contribution in [0, 0.1) is 5.92 Å². The Kier molecular flexibility index (Phi) is 7.16. The van der Waals surface area contributed by atoms with E-state index < -0.39 is 12.3 Å². The summed E-state index contributed by atoms with van der Waals surface area (Å²) in [5.41, 5.74) is 0. The molecule has 1 saturated carbocycles. The molecule has 5 heteroatoms. The van der Waals surface area contributed by atoms with Crippen molar-refractivity contribution >= 4 is 5.97 Å². The average Bonchev–Trinajstić information content (AvgIpc) is 2.33. The molecule has 0 aromatic rings. The van der Waals surface area contributed by atoms with Crippen molar-refractivity contribution in [2.24, 2.45) is 5.92 Å². The number of aliphatic carboxylic acids is 1. The SMILES string of the molecule is O=C(O)CCCN[C@H](O)NCC1CCCCC1. The molecule has 1 rings (SSSR count). The van der Waals surface area contributed by atoms with Crippen LogP contribution in [0.25, 0.3) is 0 Å². The molecule has 0 spiro atoms. The predicted octanol–water partition coefficient (Wildman–Crippen LogP) is 0.887. The smallest absolute Gasteiger partial charge is 0.303 e. The molecular weight excluding hydrogens is 220 g/mol. The Bertz CT molecular complexity index is 218. The lowest BCUT2D eigenvalue weighted by molar-refractivity contribution is -0.137. The van der Waals surface area contributed by atoms with Gasteiger partial charge in [0.1, 0.15) is 0 Å². The predicted molar refractivity (Wildman–Crippen MR) is 65.5 cm³/mol. The van der Waals surface area contributed by atoms with Crippen LogP contribution in [0.4, 0.5) is 0 Å². The van der Waals surface area contributed by atoms with Gasteiger partial charge in [-0.2, -0.15) is 0 Å². The van der Waals surface area contributed by atoms with Gasteiger partial charge in [-0.25, -0.2) is 0 Å². The highest BCUT2D eigenvalue weighted by Crippen LogP contribution is 2.22. The van der Waals surface area contributed by atoms with E-state index in [4.69, 9.17) is 5.11 Å². The third kappa shape index (κ3) is 7.31. The fraction of sp³-hybridized carbons (Fsp3) is 0.917. The van der Waals surface area contributed by atoms with Crippen molar-refractivity contribution in [1.82, 2.24) is 10.6 Å². The number of rotatable bonds is 8. The maximum atomic E-state index is 10.3. The van der Waals surface area contributed by atoms with Gasteiger partial charge >= 0.3 is 5.97 Å². The van der Waals surface area contributed by atoms with Crippen LogP contribution in [0.2, 0.25) is 0 Å². The molecule has 0 bridgehead atoms. The standard InChI is InChI=1S/C12H24N2O3/c15-11(16)7-4-8-13-12(17)14-9-10-5-2-1-3-6-10/h10,12-14,17H,1-9H2,(H,15,16)/t12-/m0/s1. The molecule has 0 saturated heterocycles. The summed E-state index contributed by atoms with van der Waals surface area (Å²) < 4.78 is 0. The maximum Gasteiger partial charge on any atom is 0.303 e. The van der Waals surface area contributed by atoms with Gasteiger partial charge in [-0.15, -0.1) is 0 Å². The molecule has 5 nitrogen and oxygen atoms in total. The molecule has 0 aliphatic heterocycles. The molecule has 0 amide bonds. The van der Waals surface area contributed by atoms with E-state index in [9.17, 15) is 9.90 Å². The second kappa shape index (κ2) is 8.44. The largest absolute Gasteiger partial charge is 0.481 e. The molecule has 0 unspecified atom stereocenters. The topological polar surface area (TPSA) is 81.6 Å². The Labute approximate surface area is 103 Å². The van der Waals surface area contributed by atoms with E-state index in [2.05, 4.69) is 10.6 Å². The minimum Gasteiger partial charge on any atom is -0.481 e. The van der Waals surface area contributed by atoms with Crippen LogP contribution in [0.3, 0.4) is 0 Å². The van der Waals surface area contributed by atoms with Crippen LogP contribution >= 0.6 is 0 Å². The molecule has 0 aromatic carbocycles. The number of hydrogen-bond donors (Lipinski definition) is 4. The molecular formula is C12H24N2O3. The van der Waals surface area contributed by atoms with E-state index in [0.717, 1.165) is 6.54 Å². The second-order valence-corrected chi connectivity index (χ2v) is 4.77. The lowest BCUT2D eigenvalue weighted by Crippen LogP contribution is -2.44. The second-order valence-electron chi connectivity index (χ2n) is 4.77. The van der Waals surface area contributed by atoms with Crippen LogP contribution in [-0.2, 0) is 4.79 Å². The fourth-order valence-corrected chi connectivity index (χ4v) is 2.22. The van der Waals surface area contributed by atoms with Crippen molar-refractivity contribution in [3.8, 4) is 0 Å². The van der Waals surface area contributed by atoms with Crippen LogP contribution in [-0.4, -0.2) is 35.6 Å². The molecule has 100 valence electrons. The summed E-state index contributed by atoms with van der Waals surface area (Å²) in [7, 11) is 0. The summed E-state index contributed by atoms with van der Waals surface area (Å²) in [5, 5.41) is 23.9. The van der Waals surface area contributed by atoms with Crippen molar-refractivity contribution in [1.29, 1.82) is 0 Å². The minimum absolute atomic E-state index is 0.141. The van der Waals surface area contributed by atoms with Crippen molar-refractivity contribution in [3.05, 3.63) is 0 Å². The molecule has 0 heterocycles. The van der Waals surface area contributed by atoms with Gasteiger partial charge in [-0.1, -0.05) is 19.3 Å². The van der Waals surface area contributed by atoms with Gasteiger partial charge in [0.2, 0.25) is 0 Å². The highest BCUT2D eigenvalue weighted by Gasteiger charge is 2.14. The normalized spacial score (nSPS) is 19.1. The van der Waals surface area contributed by atoms with E-state index in [0.29, 0.717) is 18.9 Å². The third-order valence-corrected chi connectivity index (χ3v) is 3.23. The Morgan fingerprint density at radius 1 is 1.24 bits per heavy atom. The minimum atomic E-state index is -0.795. The zero-order valence-corrected chi connectivity index (χ0v) is 10.3. The highest BCUT2D eigenvalue weighted by molar-refractivity contribution is 5.66. The van der Waals surface area contributed by atoms with Crippen molar-refractivity contribution < 1.29 is 15.0 Å². The Hall–Kier alpha value is -0.650. The van der Waals surface area contributed by atoms with Crippen molar-refractivity contribution in [2.45, 2.75) is 51.3 Å². The number of aliphatic hydroxyl groups excluding tert-OH is 1. The third-order valence-electron chi connectivity index (χ3n) is 3.23. The first kappa shape index (κ1) is 14.4. The van der Waals surface area contributed by atoms with E-state index in [1.165, 1.54) is 32.1 Å². The van der Waals surface area contributed by atoms with E-state index in [1.807, 2.05) is 0 Å². The zero-order valence-electron chi connectivity index (χ0n) is 10.3. The van der Waals surface area contributed by atoms with Gasteiger partial charge in [0.05, 0.1) is 0 Å². The van der Waals surface area contributed by atoms with E-state index >= 15 is 0 Å². The summed E-state index contributed by atoms with van der Waals surface area (Å²) in [4.78, 5) is 10.3. The summed E-state index contributed by atoms with van der Waals surface area (Å²) in [6, 6.07) is 0. The number of carboxylic acid groups (broad SMARTS) is 1. The zero-order chi connectivity index (χ0) is 12.5. The Balaban J connectivity index is 1.96. The first-order valence-electron chi connectivity index (χ1n) is 6.55. The monoisotopic (exact) mass is 244 g/mol. The number of nitrogens with one attached hydrogen (secondary N) is 2. The molecule has 0 aromatic heterocycles. The highest BCUT2D eigenvalue weighted by atomic mass is 16.4. The lowest BCUT2D eigenvalue weighted by Gasteiger charge is -2.23. The molecule has 1 fully saturated rings. The number of hydrogen-bond acceptors (Lipinski definition) is 4. The van der Waals surface area contributed by atoms with Crippen molar-refractivity contribution in [3.63, 3.8) is 0 Å². The lowest BCUT2D eigenvalue weighted by atomic mass is 9.89. The summed E-state index contributed by atoms with van der Waals surface area (Å²) in [6.45, 7) is 1.36. The van der Waals surface area contributed by atoms with Crippen LogP contribution in [0.15, 0.2) is 0 Å². The van der Waals surface area contributed by atoms with Gasteiger partial charge in [0, 0.05) is 13.0 Å². The molecule has 1 aliphatic carbocycles. The van der Waals surface area contributed by atoms with E-state index in [1.54, 1.807) is 0 Å². The molecule has 1 aliphatic rings.